The van der Waals surface area contributed by atoms with Crippen molar-refractivity contribution in [2.24, 2.45) is 5.16 Å². The molecule has 1 saturated heterocycles. The fourth-order valence-electron chi connectivity index (χ4n) is 4.09. The Kier molecular flexibility index (Phi) is 8.46. The molecule has 1 fully saturated rings. The number of aryl methyl sites for hydroxylation is 1. The number of nitrogens with one attached hydrogen (secondary N) is 1. The van der Waals surface area contributed by atoms with Crippen LogP contribution in [0.4, 0.5) is 13.2 Å². The summed E-state index contributed by atoms with van der Waals surface area (Å²) in [5.41, 5.74) is 2.07. The zero-order valence-corrected chi connectivity index (χ0v) is 23.3. The van der Waals surface area contributed by atoms with Gasteiger partial charge in [-0.3, -0.25) is 4.79 Å². The number of oxime groups is 1. The number of ether oxygens (including phenoxy) is 1. The van der Waals surface area contributed by atoms with Gasteiger partial charge in [-0.2, -0.15) is 13.2 Å². The normalized spacial score (nSPS) is 17.2. The van der Waals surface area contributed by atoms with Crippen LogP contribution in [0.15, 0.2) is 41.3 Å². The maximum absolute atomic E-state index is 13.3. The van der Waals surface area contributed by atoms with E-state index in [4.69, 9.17) is 32.8 Å². The zero-order chi connectivity index (χ0) is 28.5. The molecule has 1 atom stereocenters. The number of imidazole rings is 1. The summed E-state index contributed by atoms with van der Waals surface area (Å²) < 4.78 is 47.2. The molecule has 12 heteroatoms. The average molecular weight is 583 g/mol. The zero-order valence-electron chi connectivity index (χ0n) is 21.7. The topological polar surface area (TPSA) is 77.2 Å². The number of hydrogen-bond acceptors (Lipinski definition) is 5. The van der Waals surface area contributed by atoms with Crippen molar-refractivity contribution in [3.8, 4) is 5.75 Å². The maximum atomic E-state index is 13.3. The number of halogens is 5. The Morgan fingerprint density at radius 2 is 1.95 bits per heavy atom. The first-order valence-corrected chi connectivity index (χ1v) is 13.0. The van der Waals surface area contributed by atoms with E-state index in [0.717, 1.165) is 17.8 Å². The molecule has 1 aliphatic heterocycles. The maximum Gasteiger partial charge on any atom is 0.417 e. The molecule has 1 aliphatic rings. The molecule has 1 aromatic carbocycles. The van der Waals surface area contributed by atoms with Gasteiger partial charge in [0, 0.05) is 30.4 Å². The molecule has 0 radical (unpaired) electrons. The fraction of sp³-hybridized carbons (Fsp3) is 0.370. The number of aromatic nitrogens is 2. The van der Waals surface area contributed by atoms with Crippen LogP contribution >= 0.6 is 23.2 Å². The number of amides is 1. The van der Waals surface area contributed by atoms with Gasteiger partial charge in [0.1, 0.15) is 23.2 Å². The molecule has 1 amide bonds. The minimum absolute atomic E-state index is 0.0160. The van der Waals surface area contributed by atoms with E-state index in [1.807, 2.05) is 13.8 Å². The third kappa shape index (κ3) is 6.50. The van der Waals surface area contributed by atoms with Crippen LogP contribution in [0, 0.1) is 6.92 Å². The number of alkyl halides is 3. The van der Waals surface area contributed by atoms with Crippen molar-refractivity contribution in [3.05, 3.63) is 68.6 Å². The van der Waals surface area contributed by atoms with Gasteiger partial charge in [0.2, 0.25) is 5.91 Å². The van der Waals surface area contributed by atoms with Gasteiger partial charge in [-0.15, -0.1) is 0 Å². The largest absolute Gasteiger partial charge is 0.487 e. The monoisotopic (exact) mass is 582 g/mol. The standard InChI is InChI=1S/C27H27Cl2F3N4O3/c1-5-14(2)25(22-13-36-12-17(27(30,31)32)8-15(3)26(36)34-22)39-35-16(4)19-9-21(29)23(10-20(19)28)38-18-6-7-24(37)33-11-18/h8-10,12-13,18H,5-7,11H2,1-4H3,(H,33,37)/b25-14-,35-16+. The summed E-state index contributed by atoms with van der Waals surface area (Å²) in [6.07, 6.45) is -0.662. The molecule has 208 valence electrons. The number of rotatable bonds is 7. The SMILES string of the molecule is CC/C(C)=C(\O/N=C(\C)c1cc(Cl)c(OC2CCC(=O)NC2)cc1Cl)c1cn2cc(C(F)(F)F)cc(C)c2n1. The molecule has 0 aliphatic carbocycles. The first-order valence-electron chi connectivity index (χ1n) is 12.3. The highest BCUT2D eigenvalue weighted by Gasteiger charge is 2.32. The lowest BCUT2D eigenvalue weighted by molar-refractivity contribution is -0.137. The van der Waals surface area contributed by atoms with Gasteiger partial charge in [-0.1, -0.05) is 35.3 Å². The lowest BCUT2D eigenvalue weighted by Crippen LogP contribution is -2.40. The van der Waals surface area contributed by atoms with Crippen LogP contribution in [0.3, 0.4) is 0 Å². The predicted molar refractivity (Wildman–Crippen MR) is 144 cm³/mol. The van der Waals surface area contributed by atoms with E-state index in [9.17, 15) is 18.0 Å². The van der Waals surface area contributed by atoms with Crippen molar-refractivity contribution in [3.63, 3.8) is 0 Å². The van der Waals surface area contributed by atoms with Crippen LogP contribution in [0.5, 0.6) is 5.75 Å². The van der Waals surface area contributed by atoms with Crippen molar-refractivity contribution in [2.45, 2.75) is 59.2 Å². The van der Waals surface area contributed by atoms with Crippen LogP contribution in [-0.4, -0.2) is 33.7 Å². The van der Waals surface area contributed by atoms with E-state index in [0.29, 0.717) is 75.5 Å². The van der Waals surface area contributed by atoms with Crippen molar-refractivity contribution in [1.82, 2.24) is 14.7 Å². The second kappa shape index (κ2) is 11.5. The number of nitrogens with zero attached hydrogens (tertiary/aromatic N) is 3. The Bertz CT molecular complexity index is 1470. The number of pyridine rings is 1. The smallest absolute Gasteiger partial charge is 0.417 e. The van der Waals surface area contributed by atoms with Gasteiger partial charge in [0.15, 0.2) is 5.76 Å². The quantitative estimate of drug-likeness (QED) is 0.181. The first-order chi connectivity index (χ1) is 18.4. The average Bonchev–Trinajstić information content (AvgIpc) is 3.31. The number of allylic oxidation sites excluding steroid dienone is 1. The minimum Gasteiger partial charge on any atom is -0.487 e. The lowest BCUT2D eigenvalue weighted by atomic mass is 10.1. The summed E-state index contributed by atoms with van der Waals surface area (Å²) in [4.78, 5) is 21.7. The van der Waals surface area contributed by atoms with Crippen molar-refractivity contribution >= 4 is 46.2 Å². The number of carbonyl (C=O) groups excluding carboxylic acids is 1. The summed E-state index contributed by atoms with van der Waals surface area (Å²) in [5, 5.41) is 7.65. The number of benzene rings is 1. The lowest BCUT2D eigenvalue weighted by Gasteiger charge is -2.24. The highest BCUT2D eigenvalue weighted by atomic mass is 35.5. The Hall–Kier alpha value is -3.24. The van der Waals surface area contributed by atoms with Crippen molar-refractivity contribution < 1.29 is 27.5 Å². The van der Waals surface area contributed by atoms with E-state index in [1.165, 1.54) is 10.6 Å². The van der Waals surface area contributed by atoms with E-state index in [1.54, 1.807) is 26.0 Å². The van der Waals surface area contributed by atoms with E-state index >= 15 is 0 Å². The van der Waals surface area contributed by atoms with Gasteiger partial charge in [0.05, 0.1) is 27.9 Å². The summed E-state index contributed by atoms with van der Waals surface area (Å²) in [6.45, 7) is 7.41. The molecule has 2 aromatic heterocycles. The fourth-order valence-corrected chi connectivity index (χ4v) is 4.59. The highest BCUT2D eigenvalue weighted by Crippen LogP contribution is 2.34. The molecule has 0 bridgehead atoms. The molecule has 1 unspecified atom stereocenters. The Balaban J connectivity index is 1.60. The first kappa shape index (κ1) is 28.8. The summed E-state index contributed by atoms with van der Waals surface area (Å²) in [5.74, 6) is 0.703. The van der Waals surface area contributed by atoms with Crippen molar-refractivity contribution in [1.29, 1.82) is 0 Å². The molecule has 39 heavy (non-hydrogen) atoms. The third-order valence-corrected chi connectivity index (χ3v) is 7.02. The number of fused-ring (bicyclic) bond motifs is 1. The molecule has 1 N–H and O–H groups in total. The Morgan fingerprint density at radius 3 is 2.59 bits per heavy atom. The van der Waals surface area contributed by atoms with Crippen LogP contribution in [-0.2, 0) is 15.8 Å². The second-order valence-electron chi connectivity index (χ2n) is 9.34. The highest BCUT2D eigenvalue weighted by molar-refractivity contribution is 6.37. The molecule has 7 nitrogen and oxygen atoms in total. The van der Waals surface area contributed by atoms with Gasteiger partial charge in [0.25, 0.3) is 0 Å². The number of carbonyl (C=O) groups is 1. The summed E-state index contributed by atoms with van der Waals surface area (Å²) in [6, 6.07) is 4.27. The molecule has 0 spiro atoms. The van der Waals surface area contributed by atoms with Gasteiger partial charge in [-0.05, 0) is 56.9 Å². The van der Waals surface area contributed by atoms with Crippen LogP contribution < -0.4 is 10.1 Å². The number of hydrogen-bond donors (Lipinski definition) is 1. The van der Waals surface area contributed by atoms with Gasteiger partial charge in [-0.25, -0.2) is 4.98 Å². The molecular weight excluding hydrogens is 556 g/mol. The molecule has 0 saturated carbocycles. The summed E-state index contributed by atoms with van der Waals surface area (Å²) >= 11 is 13.0. The molecular formula is C27H27Cl2F3N4O3. The van der Waals surface area contributed by atoms with Gasteiger partial charge < -0.3 is 19.3 Å². The number of piperidine rings is 1. The van der Waals surface area contributed by atoms with Crippen LogP contribution in [0.1, 0.15) is 62.4 Å². The Labute approximate surface area is 233 Å². The third-order valence-electron chi connectivity index (χ3n) is 6.41. The summed E-state index contributed by atoms with van der Waals surface area (Å²) in [7, 11) is 0. The minimum atomic E-state index is -4.48. The Morgan fingerprint density at radius 1 is 1.21 bits per heavy atom. The van der Waals surface area contributed by atoms with Crippen molar-refractivity contribution in [2.75, 3.05) is 6.54 Å². The second-order valence-corrected chi connectivity index (χ2v) is 10.2. The van der Waals surface area contributed by atoms with E-state index in [2.05, 4.69) is 15.5 Å². The molecule has 3 heterocycles. The van der Waals surface area contributed by atoms with Crippen LogP contribution in [0.25, 0.3) is 11.4 Å². The van der Waals surface area contributed by atoms with Gasteiger partial charge >= 0.3 is 6.18 Å². The molecule has 3 aromatic rings. The van der Waals surface area contributed by atoms with E-state index < -0.39 is 11.7 Å². The van der Waals surface area contributed by atoms with E-state index in [-0.39, 0.29) is 12.0 Å². The van der Waals surface area contributed by atoms with Crippen LogP contribution in [0.2, 0.25) is 10.0 Å². The predicted octanol–water partition coefficient (Wildman–Crippen LogP) is 7.21. The molecule has 4 rings (SSSR count).